The van der Waals surface area contributed by atoms with E-state index in [0.717, 1.165) is 12.8 Å². The number of aromatic nitrogens is 2. The average Bonchev–Trinajstić information content (AvgIpc) is 3.62. The normalized spacial score (nSPS) is 21.6. The molecule has 48 heavy (non-hydrogen) atoms. The molecule has 5 amide bonds. The highest BCUT2D eigenvalue weighted by Gasteiger charge is 2.52. The van der Waals surface area contributed by atoms with Crippen molar-refractivity contribution in [3.8, 4) is 0 Å². The van der Waals surface area contributed by atoms with Crippen LogP contribution in [0.5, 0.6) is 0 Å². The zero-order valence-electron chi connectivity index (χ0n) is 28.7. The number of hydrogen-bond acceptors (Lipinski definition) is 8. The van der Waals surface area contributed by atoms with Gasteiger partial charge in [0.2, 0.25) is 29.9 Å². The van der Waals surface area contributed by atoms with Crippen LogP contribution in [0.4, 0.5) is 8.78 Å². The summed E-state index contributed by atoms with van der Waals surface area (Å²) in [4.78, 5) is 89.4. The Hall–Kier alpha value is -4.04. The van der Waals surface area contributed by atoms with Crippen molar-refractivity contribution in [1.29, 1.82) is 0 Å². The Balaban J connectivity index is 1.86. The van der Waals surface area contributed by atoms with Gasteiger partial charge in [-0.3, -0.25) is 33.8 Å². The summed E-state index contributed by atoms with van der Waals surface area (Å²) in [7, 11) is 0. The summed E-state index contributed by atoms with van der Waals surface area (Å²) in [5.41, 5.74) is -0.845. The van der Waals surface area contributed by atoms with Gasteiger partial charge in [0.1, 0.15) is 29.9 Å². The summed E-state index contributed by atoms with van der Waals surface area (Å²) in [6.45, 7) is 12.3. The number of hydrogen-bond donors (Lipinski definition) is 4. The predicted octanol–water partition coefficient (Wildman–Crippen LogP) is 2.01. The lowest BCUT2D eigenvalue weighted by molar-refractivity contribution is -0.146. The van der Waals surface area contributed by atoms with Crippen molar-refractivity contribution in [1.82, 2.24) is 36.1 Å². The number of fused-ring (bicyclic) bond motifs is 1. The molecule has 2 fully saturated rings. The fourth-order valence-electron chi connectivity index (χ4n) is 6.30. The number of rotatable bonds is 14. The van der Waals surface area contributed by atoms with E-state index in [-0.39, 0.29) is 36.0 Å². The molecule has 0 unspecified atom stereocenters. The van der Waals surface area contributed by atoms with Gasteiger partial charge in [-0.05, 0) is 49.4 Å². The zero-order chi connectivity index (χ0) is 35.9. The average molecular weight is 678 g/mol. The van der Waals surface area contributed by atoms with E-state index in [9.17, 15) is 37.5 Å². The van der Waals surface area contributed by atoms with Gasteiger partial charge < -0.3 is 26.2 Å². The van der Waals surface area contributed by atoms with Crippen molar-refractivity contribution >= 4 is 35.3 Å². The third-order valence-corrected chi connectivity index (χ3v) is 9.13. The molecule has 15 heteroatoms. The van der Waals surface area contributed by atoms with Crippen LogP contribution in [0.2, 0.25) is 0 Å². The van der Waals surface area contributed by atoms with E-state index in [4.69, 9.17) is 0 Å². The van der Waals surface area contributed by atoms with Gasteiger partial charge in [0.15, 0.2) is 0 Å². The van der Waals surface area contributed by atoms with Crippen LogP contribution < -0.4 is 21.3 Å². The Morgan fingerprint density at radius 2 is 1.67 bits per heavy atom. The fraction of sp³-hybridized carbons (Fsp3) is 0.697. The molecule has 13 nitrogen and oxygen atoms in total. The number of nitrogens with one attached hydrogen (secondary N) is 4. The summed E-state index contributed by atoms with van der Waals surface area (Å²) >= 11 is 0. The second kappa shape index (κ2) is 16.4. The first-order chi connectivity index (χ1) is 22.5. The molecule has 1 aliphatic carbocycles. The van der Waals surface area contributed by atoms with E-state index < -0.39 is 77.7 Å². The fourth-order valence-corrected chi connectivity index (χ4v) is 6.30. The standard InChI is InChI=1S/C33H49F2N7O6/c1-8-18(4)38-31(47)26(43)21(14-23(34)35)39-30(46)25-20-11-9-10-19(20)16-42(25)32(48)27(33(5,6)7)41-29(45)24(17(2)3)40-28(44)22-15-36-12-13-37-22/h12-13,15,17-21,23-25,27H,8-11,14,16H2,1-7H3,(H,38,47)(H,39,46)(H,40,44)(H,41,45)/t18-,19-,20-,21+,24-,25-,27+/m0/s1. The molecule has 1 aromatic rings. The van der Waals surface area contributed by atoms with Gasteiger partial charge in [-0.15, -0.1) is 0 Å². The van der Waals surface area contributed by atoms with Gasteiger partial charge in [0, 0.05) is 31.4 Å². The Bertz CT molecular complexity index is 1340. The molecule has 0 radical (unpaired) electrons. The summed E-state index contributed by atoms with van der Waals surface area (Å²) in [6.07, 6.45) is 2.62. The van der Waals surface area contributed by atoms with Gasteiger partial charge in [0.25, 0.3) is 11.8 Å². The molecule has 266 valence electrons. The number of ketones is 1. The van der Waals surface area contributed by atoms with E-state index in [1.807, 2.05) is 0 Å². The highest BCUT2D eigenvalue weighted by molar-refractivity contribution is 6.38. The molecule has 0 bridgehead atoms. The highest BCUT2D eigenvalue weighted by Crippen LogP contribution is 2.43. The van der Waals surface area contributed by atoms with Crippen LogP contribution in [0.15, 0.2) is 18.6 Å². The maximum absolute atomic E-state index is 14.3. The monoisotopic (exact) mass is 677 g/mol. The lowest BCUT2D eigenvalue weighted by Gasteiger charge is -2.37. The van der Waals surface area contributed by atoms with E-state index in [1.165, 1.54) is 23.5 Å². The van der Waals surface area contributed by atoms with Crippen molar-refractivity contribution in [3.05, 3.63) is 24.3 Å². The molecular formula is C33H49F2N7O6. The lowest BCUT2D eigenvalue weighted by atomic mass is 9.85. The number of alkyl halides is 2. The molecule has 4 N–H and O–H groups in total. The van der Waals surface area contributed by atoms with Crippen LogP contribution >= 0.6 is 0 Å². The predicted molar refractivity (Wildman–Crippen MR) is 171 cm³/mol. The molecule has 2 heterocycles. The number of carbonyl (C=O) groups is 6. The minimum atomic E-state index is -2.99. The minimum Gasteiger partial charge on any atom is -0.347 e. The second-order valence-corrected chi connectivity index (χ2v) is 14.2. The van der Waals surface area contributed by atoms with Gasteiger partial charge in [-0.1, -0.05) is 48.0 Å². The summed E-state index contributed by atoms with van der Waals surface area (Å²) < 4.78 is 27.1. The molecule has 1 saturated heterocycles. The minimum absolute atomic E-state index is 0.0119. The molecular weight excluding hydrogens is 628 g/mol. The van der Waals surface area contributed by atoms with Gasteiger partial charge in [-0.25, -0.2) is 13.8 Å². The van der Waals surface area contributed by atoms with Crippen molar-refractivity contribution in [2.75, 3.05) is 6.54 Å². The quantitative estimate of drug-likeness (QED) is 0.216. The Labute approximate surface area is 280 Å². The smallest absolute Gasteiger partial charge is 0.289 e. The van der Waals surface area contributed by atoms with Crippen molar-refractivity contribution in [2.24, 2.45) is 23.2 Å². The molecule has 0 aromatic carbocycles. The zero-order valence-corrected chi connectivity index (χ0v) is 28.7. The molecule has 3 rings (SSSR count). The van der Waals surface area contributed by atoms with Crippen molar-refractivity contribution in [2.45, 2.75) is 117 Å². The number of Topliss-reactive ketones (excluding diaryl/α,β-unsaturated/α-hetero) is 1. The number of halogens is 2. The van der Waals surface area contributed by atoms with E-state index in [2.05, 4.69) is 31.2 Å². The van der Waals surface area contributed by atoms with E-state index in [1.54, 1.807) is 48.5 Å². The summed E-state index contributed by atoms with van der Waals surface area (Å²) in [6, 6.07) is -5.46. The number of likely N-dealkylation sites (tertiary alicyclic amines) is 1. The molecule has 1 saturated carbocycles. The van der Waals surface area contributed by atoms with Crippen LogP contribution in [0, 0.1) is 23.2 Å². The highest BCUT2D eigenvalue weighted by atomic mass is 19.3. The van der Waals surface area contributed by atoms with E-state index >= 15 is 0 Å². The first-order valence-corrected chi connectivity index (χ1v) is 16.6. The van der Waals surface area contributed by atoms with E-state index in [0.29, 0.717) is 12.8 Å². The Kier molecular flexibility index (Phi) is 13.1. The van der Waals surface area contributed by atoms with Crippen molar-refractivity contribution in [3.63, 3.8) is 0 Å². The third-order valence-electron chi connectivity index (χ3n) is 9.13. The molecule has 2 aliphatic rings. The largest absolute Gasteiger partial charge is 0.347 e. The molecule has 1 aliphatic heterocycles. The van der Waals surface area contributed by atoms with Crippen LogP contribution in [-0.2, 0) is 24.0 Å². The van der Waals surface area contributed by atoms with Crippen LogP contribution in [-0.4, -0.2) is 93.4 Å². The Morgan fingerprint density at radius 1 is 0.979 bits per heavy atom. The maximum atomic E-state index is 14.3. The van der Waals surface area contributed by atoms with Gasteiger partial charge in [0.05, 0.1) is 6.20 Å². The number of nitrogens with zero attached hydrogens (tertiary/aromatic N) is 3. The third kappa shape index (κ3) is 9.53. The lowest BCUT2D eigenvalue weighted by Crippen LogP contribution is -2.62. The SMILES string of the molecule is CC[C@H](C)NC(=O)C(=O)[C@@H](CC(F)F)NC(=O)[C@@H]1[C@H]2CCC[C@H]2CN1C(=O)[C@@H](NC(=O)[C@@H](NC(=O)c1cnccn1)C(C)C)C(C)(C)C. The topological polar surface area (TPSA) is 180 Å². The first kappa shape index (κ1) is 38.4. The maximum Gasteiger partial charge on any atom is 0.289 e. The van der Waals surface area contributed by atoms with Gasteiger partial charge in [-0.2, -0.15) is 0 Å². The number of amides is 5. The summed E-state index contributed by atoms with van der Waals surface area (Å²) in [5.74, 6) is -5.59. The van der Waals surface area contributed by atoms with Crippen molar-refractivity contribution < 1.29 is 37.5 Å². The van der Waals surface area contributed by atoms with Crippen LogP contribution in [0.3, 0.4) is 0 Å². The Morgan fingerprint density at radius 3 is 2.23 bits per heavy atom. The van der Waals surface area contributed by atoms with Crippen LogP contribution in [0.1, 0.15) is 91.1 Å². The van der Waals surface area contributed by atoms with Gasteiger partial charge >= 0.3 is 0 Å². The first-order valence-electron chi connectivity index (χ1n) is 16.6. The number of carbonyl (C=O) groups excluding carboxylic acids is 6. The molecule has 1 aromatic heterocycles. The summed E-state index contributed by atoms with van der Waals surface area (Å²) in [5, 5.41) is 10.3. The molecule has 0 spiro atoms. The van der Waals surface area contributed by atoms with Crippen LogP contribution in [0.25, 0.3) is 0 Å². The molecule has 7 atom stereocenters. The second-order valence-electron chi connectivity index (χ2n) is 14.2.